The Morgan fingerprint density at radius 3 is 1.57 bits per heavy atom. The number of aliphatic hydroxyl groups is 4. The van der Waals surface area contributed by atoms with Crippen LogP contribution in [0.3, 0.4) is 0 Å². The maximum atomic E-state index is 10.2. The smallest absolute Gasteiger partial charge is 0.173 e. The van der Waals surface area contributed by atoms with Gasteiger partial charge in [-0.15, -0.1) is 0 Å². The summed E-state index contributed by atoms with van der Waals surface area (Å²) in [5, 5.41) is 40.3. The predicted octanol–water partition coefficient (Wildman–Crippen LogP) is 3.64. The van der Waals surface area contributed by atoms with Gasteiger partial charge in [0.05, 0.1) is 12.6 Å². The number of hydrogen-bond donors (Lipinski definition) is 5. The average Bonchev–Trinajstić information content (AvgIpc) is 2.76. The molecule has 5 atom stereocenters. The fraction of sp³-hybridized carbons (Fsp3) is 1.00. The number of rotatable bonds is 19. The highest BCUT2D eigenvalue weighted by atomic mass is 16.6. The normalized spacial score (nSPS) is 27.5. The quantitative estimate of drug-likeness (QED) is 0.200. The Hall–Kier alpha value is -0.240. The second-order valence-electron chi connectivity index (χ2n) is 8.93. The van der Waals surface area contributed by atoms with Gasteiger partial charge in [0.15, 0.2) is 6.29 Å². The molecular formula is C24H49NO5. The van der Waals surface area contributed by atoms with Crippen LogP contribution in [0.5, 0.6) is 0 Å². The van der Waals surface area contributed by atoms with Crippen molar-refractivity contribution in [3.05, 3.63) is 0 Å². The molecule has 0 aromatic carbocycles. The molecule has 6 heteroatoms. The molecule has 0 aromatic heterocycles. The van der Waals surface area contributed by atoms with Crippen LogP contribution in [-0.2, 0) is 4.74 Å². The fourth-order valence-electron chi connectivity index (χ4n) is 4.18. The molecule has 1 fully saturated rings. The molecule has 5 N–H and O–H groups in total. The van der Waals surface area contributed by atoms with Gasteiger partial charge in [0, 0.05) is 0 Å². The third-order valence-corrected chi connectivity index (χ3v) is 6.22. The summed E-state index contributed by atoms with van der Waals surface area (Å²) in [7, 11) is 0. The summed E-state index contributed by atoms with van der Waals surface area (Å²) in [5.74, 6) is 0. The lowest BCUT2D eigenvalue weighted by Crippen LogP contribution is -2.63. The largest absolute Gasteiger partial charge is 0.394 e. The zero-order valence-electron chi connectivity index (χ0n) is 20.3. The maximum Gasteiger partial charge on any atom is 0.173 e. The van der Waals surface area contributed by atoms with Crippen molar-refractivity contribution < 1.29 is 26.6 Å². The topological polar surface area (TPSA) is 102 Å². The van der Waals surface area contributed by atoms with E-state index in [1.54, 1.807) is 0 Å². The minimum Gasteiger partial charge on any atom is -0.394 e. The van der Waals surface area contributed by atoms with Crippen molar-refractivity contribution >= 4 is 0 Å². The van der Waals surface area contributed by atoms with Crippen molar-refractivity contribution in [3.63, 3.8) is 0 Å². The molecule has 1 heterocycles. The minimum atomic E-state index is -1.39. The summed E-state index contributed by atoms with van der Waals surface area (Å²) < 4.78 is 13.2. The molecule has 0 radical (unpaired) electrons. The summed E-state index contributed by atoms with van der Waals surface area (Å²) in [6.45, 7) is 2.18. The van der Waals surface area contributed by atoms with E-state index in [1.807, 2.05) is 0 Å². The van der Waals surface area contributed by atoms with Gasteiger partial charge in [0.25, 0.3) is 0 Å². The zero-order valence-corrected chi connectivity index (χ0v) is 19.3. The summed E-state index contributed by atoms with van der Waals surface area (Å²) in [5.41, 5.74) is 0. The third kappa shape index (κ3) is 12.0. The van der Waals surface area contributed by atoms with Gasteiger partial charge in [-0.05, 0) is 13.0 Å². The van der Waals surface area contributed by atoms with Crippen LogP contribution in [0.1, 0.15) is 110 Å². The first-order valence-electron chi connectivity index (χ1n) is 13.0. The first-order chi connectivity index (χ1) is 15.0. The van der Waals surface area contributed by atoms with E-state index in [9.17, 15) is 15.3 Å². The molecule has 0 amide bonds. The summed E-state index contributed by atoms with van der Waals surface area (Å²) in [6, 6.07) is -1.01. The number of ether oxygens (including phenoxy) is 1. The number of aliphatic hydroxyl groups excluding tert-OH is 4. The molecule has 180 valence electrons. The molecule has 0 aromatic rings. The van der Waals surface area contributed by atoms with E-state index in [4.69, 9.17) is 11.3 Å². The Labute approximate surface area is 185 Å². The van der Waals surface area contributed by atoms with Gasteiger partial charge in [-0.1, -0.05) is 103 Å². The van der Waals surface area contributed by atoms with E-state index in [0.717, 1.165) is 24.6 Å². The van der Waals surface area contributed by atoms with Crippen molar-refractivity contribution in [2.75, 3.05) is 13.2 Å². The van der Waals surface area contributed by atoms with Gasteiger partial charge >= 0.3 is 0 Å². The van der Waals surface area contributed by atoms with Crippen LogP contribution in [0.25, 0.3) is 0 Å². The van der Waals surface area contributed by atoms with Crippen molar-refractivity contribution in [2.45, 2.75) is 140 Å². The lowest BCUT2D eigenvalue weighted by molar-refractivity contribution is -0.254. The Bertz CT molecular complexity index is 417. The Morgan fingerprint density at radius 2 is 1.13 bits per heavy atom. The Morgan fingerprint density at radius 1 is 0.700 bits per heavy atom. The molecule has 1 saturated heterocycles. The lowest BCUT2D eigenvalue weighted by atomic mass is 9.97. The molecule has 1 aliphatic heterocycles. The van der Waals surface area contributed by atoms with E-state index < -0.39 is 37.3 Å². The highest BCUT2D eigenvalue weighted by Gasteiger charge is 2.43. The number of unbranched alkanes of at least 4 members (excludes halogenated alkanes) is 15. The minimum absolute atomic E-state index is 0.400. The molecule has 0 bridgehead atoms. The highest BCUT2D eigenvalue weighted by Crippen LogP contribution is 2.20. The van der Waals surface area contributed by atoms with Crippen molar-refractivity contribution in [3.8, 4) is 0 Å². The van der Waals surface area contributed by atoms with Gasteiger partial charge in [0.2, 0.25) is 0 Å². The van der Waals surface area contributed by atoms with Gasteiger partial charge in [-0.3, -0.25) is 0 Å². The number of hydrogen-bond acceptors (Lipinski definition) is 6. The van der Waals surface area contributed by atoms with Crippen LogP contribution in [0.15, 0.2) is 0 Å². The standard InChI is InChI=1S/C24H49NO5/c1-2-3-4-5-6-7-8-9-10-11-12-13-14-15-16-17-18-25-21-23(28)22(27)20(19-26)30-24(21)29/h20-29H,2-19H2,1H3/t20-,21-,22-,23-,24?/m1/s1/i/hD. The molecule has 30 heavy (non-hydrogen) atoms. The number of nitrogens with one attached hydrogen (secondary N) is 1. The van der Waals surface area contributed by atoms with Gasteiger partial charge in [0.1, 0.15) is 19.7 Å². The Balaban J connectivity index is 1.94. The van der Waals surface area contributed by atoms with Crippen LogP contribution >= 0.6 is 0 Å². The van der Waals surface area contributed by atoms with Crippen LogP contribution in [0, 0.1) is 0 Å². The summed E-state index contributed by atoms with van der Waals surface area (Å²) in [6.07, 6.45) is 15.5. The lowest BCUT2D eigenvalue weighted by Gasteiger charge is -2.40. The van der Waals surface area contributed by atoms with Crippen LogP contribution in [0.4, 0.5) is 0 Å². The van der Waals surface area contributed by atoms with Crippen LogP contribution < -0.4 is 5.31 Å². The van der Waals surface area contributed by atoms with E-state index in [2.05, 4.69) is 6.92 Å². The fourth-order valence-corrected chi connectivity index (χ4v) is 4.18. The van der Waals surface area contributed by atoms with Gasteiger partial charge < -0.3 is 30.5 Å². The summed E-state index contributed by atoms with van der Waals surface area (Å²) >= 11 is 0. The van der Waals surface area contributed by atoms with Gasteiger partial charge in [-0.2, -0.15) is 0 Å². The zero-order chi connectivity index (χ0) is 22.9. The van der Waals surface area contributed by atoms with Crippen molar-refractivity contribution in [1.29, 1.82) is 0 Å². The van der Waals surface area contributed by atoms with Gasteiger partial charge in [-0.25, -0.2) is 0 Å². The molecule has 0 spiro atoms. The molecule has 1 aliphatic rings. The highest BCUT2D eigenvalue weighted by molar-refractivity contribution is 4.92. The predicted molar refractivity (Wildman–Crippen MR) is 121 cm³/mol. The van der Waals surface area contributed by atoms with E-state index >= 15 is 0 Å². The molecule has 1 unspecified atom stereocenters. The molecule has 0 aliphatic carbocycles. The SMILES string of the molecule is [2H]N(CCCCCCCCCCCCCCCCCC)[C@H]1C(O)O[C@H](CO)[C@@H](O)[C@@H]1O. The monoisotopic (exact) mass is 432 g/mol. The van der Waals surface area contributed by atoms with E-state index in [1.165, 1.54) is 83.5 Å². The molecule has 6 nitrogen and oxygen atoms in total. The summed E-state index contributed by atoms with van der Waals surface area (Å²) in [4.78, 5) is 0. The molecule has 0 saturated carbocycles. The second kappa shape index (κ2) is 18.3. The first kappa shape index (κ1) is 26.0. The van der Waals surface area contributed by atoms with E-state index in [0.29, 0.717) is 6.54 Å². The maximum absolute atomic E-state index is 10.2. The third-order valence-electron chi connectivity index (χ3n) is 6.22. The Kier molecular flexibility index (Phi) is 15.9. The van der Waals surface area contributed by atoms with Crippen molar-refractivity contribution in [2.24, 2.45) is 0 Å². The van der Waals surface area contributed by atoms with E-state index in [-0.39, 0.29) is 0 Å². The second-order valence-corrected chi connectivity index (χ2v) is 8.93. The van der Waals surface area contributed by atoms with Crippen LogP contribution in [0.2, 0.25) is 1.41 Å². The van der Waals surface area contributed by atoms with Crippen LogP contribution in [-0.4, -0.2) is 64.2 Å². The van der Waals surface area contributed by atoms with Crippen molar-refractivity contribution in [1.82, 2.24) is 5.31 Å². The molecular weight excluding hydrogens is 382 g/mol. The average molecular weight is 433 g/mol. The molecule has 1 rings (SSSR count). The first-order valence-corrected chi connectivity index (χ1v) is 12.6.